The van der Waals surface area contributed by atoms with Crippen molar-refractivity contribution >= 4 is 33.5 Å². The number of fused-ring (bicyclic) bond motifs is 2. The topological polar surface area (TPSA) is 52.8 Å². The Labute approximate surface area is 162 Å². The third kappa shape index (κ3) is 3.17. The van der Waals surface area contributed by atoms with E-state index in [2.05, 4.69) is 50.0 Å². The van der Waals surface area contributed by atoms with Gasteiger partial charge in [0.2, 0.25) is 0 Å². The molecule has 5 nitrogen and oxygen atoms in total. The Bertz CT molecular complexity index is 1110. The van der Waals surface area contributed by atoms with Crippen LogP contribution in [0.2, 0.25) is 5.15 Å². The molecule has 0 spiro atoms. The second-order valence-electron chi connectivity index (χ2n) is 7.06. The zero-order valence-corrected chi connectivity index (χ0v) is 15.5. The molecule has 1 aliphatic rings. The quantitative estimate of drug-likeness (QED) is 0.472. The molecule has 0 aliphatic heterocycles. The maximum absolute atomic E-state index is 6.20. The molecule has 2 unspecified atom stereocenters. The van der Waals surface area contributed by atoms with Gasteiger partial charge >= 0.3 is 0 Å². The number of hydrogen-bond acceptors (Lipinski definition) is 4. The first-order valence-corrected chi connectivity index (χ1v) is 9.58. The molecule has 0 saturated heterocycles. The van der Waals surface area contributed by atoms with Crippen LogP contribution in [-0.4, -0.2) is 25.6 Å². The van der Waals surface area contributed by atoms with Crippen LogP contribution in [0.15, 0.2) is 55.1 Å². The van der Waals surface area contributed by atoms with E-state index in [0.29, 0.717) is 17.8 Å². The van der Waals surface area contributed by atoms with Crippen molar-refractivity contribution in [3.8, 4) is 0 Å². The minimum atomic E-state index is 0.254. The molecule has 2 atom stereocenters. The molecule has 136 valence electrons. The number of aromatic nitrogens is 4. The van der Waals surface area contributed by atoms with Crippen LogP contribution in [0.5, 0.6) is 0 Å². The summed E-state index contributed by atoms with van der Waals surface area (Å²) in [6.07, 6.45) is 8.78. The Hall–Kier alpha value is -2.50. The van der Waals surface area contributed by atoms with Crippen molar-refractivity contribution in [3.05, 3.63) is 65.8 Å². The minimum Gasteiger partial charge on any atom is -0.373 e. The second kappa shape index (κ2) is 6.91. The van der Waals surface area contributed by atoms with E-state index < -0.39 is 0 Å². The predicted molar refractivity (Wildman–Crippen MR) is 106 cm³/mol. The molecule has 5 rings (SSSR count). The normalized spacial score (nSPS) is 19.9. The molecule has 1 saturated carbocycles. The SMILES string of the molecule is Clc1ncnc2c1ccn2C1CCC(OCc2ccc3cccnc3c2)C1. The van der Waals surface area contributed by atoms with Crippen LogP contribution >= 0.6 is 11.6 Å². The Kier molecular flexibility index (Phi) is 4.26. The molecule has 0 radical (unpaired) electrons. The molecule has 27 heavy (non-hydrogen) atoms. The van der Waals surface area contributed by atoms with Gasteiger partial charge in [-0.3, -0.25) is 4.98 Å². The van der Waals surface area contributed by atoms with Crippen molar-refractivity contribution < 1.29 is 4.74 Å². The number of hydrogen-bond donors (Lipinski definition) is 0. The van der Waals surface area contributed by atoms with E-state index in [1.807, 2.05) is 18.3 Å². The van der Waals surface area contributed by atoms with Crippen molar-refractivity contribution in [3.63, 3.8) is 0 Å². The first kappa shape index (κ1) is 16.7. The molecule has 0 amide bonds. The summed E-state index contributed by atoms with van der Waals surface area (Å²) in [5.74, 6) is 0. The lowest BCUT2D eigenvalue weighted by Gasteiger charge is -2.15. The lowest BCUT2D eigenvalue weighted by molar-refractivity contribution is 0.0434. The largest absolute Gasteiger partial charge is 0.373 e. The van der Waals surface area contributed by atoms with Crippen LogP contribution in [0, 0.1) is 0 Å². The Balaban J connectivity index is 1.27. The van der Waals surface area contributed by atoms with Gasteiger partial charge in [0.05, 0.1) is 23.6 Å². The van der Waals surface area contributed by atoms with Crippen LogP contribution in [-0.2, 0) is 11.3 Å². The summed E-state index contributed by atoms with van der Waals surface area (Å²) in [5, 5.41) is 2.57. The van der Waals surface area contributed by atoms with Gasteiger partial charge in [-0.05, 0) is 43.0 Å². The minimum absolute atomic E-state index is 0.254. The maximum Gasteiger partial charge on any atom is 0.145 e. The molecule has 0 bridgehead atoms. The zero-order valence-electron chi connectivity index (χ0n) is 14.8. The van der Waals surface area contributed by atoms with E-state index in [1.165, 1.54) is 6.33 Å². The molecular weight excluding hydrogens is 360 g/mol. The van der Waals surface area contributed by atoms with E-state index in [4.69, 9.17) is 16.3 Å². The van der Waals surface area contributed by atoms with Crippen LogP contribution in [0.25, 0.3) is 21.9 Å². The number of nitrogens with zero attached hydrogens (tertiary/aromatic N) is 4. The van der Waals surface area contributed by atoms with Gasteiger partial charge in [0.15, 0.2) is 0 Å². The van der Waals surface area contributed by atoms with Crippen molar-refractivity contribution in [1.29, 1.82) is 0 Å². The fraction of sp³-hybridized carbons (Fsp3) is 0.286. The first-order valence-electron chi connectivity index (χ1n) is 9.20. The van der Waals surface area contributed by atoms with Crippen molar-refractivity contribution in [1.82, 2.24) is 19.5 Å². The number of rotatable bonds is 4. The van der Waals surface area contributed by atoms with Gasteiger partial charge in [-0.15, -0.1) is 0 Å². The molecule has 1 fully saturated rings. The average molecular weight is 379 g/mol. The summed E-state index contributed by atoms with van der Waals surface area (Å²) in [6, 6.07) is 12.7. The van der Waals surface area contributed by atoms with Crippen molar-refractivity contribution in [2.75, 3.05) is 0 Å². The van der Waals surface area contributed by atoms with Crippen LogP contribution < -0.4 is 0 Å². The number of halogens is 1. The first-order chi connectivity index (χ1) is 13.3. The highest BCUT2D eigenvalue weighted by molar-refractivity contribution is 6.33. The summed E-state index contributed by atoms with van der Waals surface area (Å²) < 4.78 is 8.42. The van der Waals surface area contributed by atoms with Gasteiger partial charge < -0.3 is 9.30 Å². The Morgan fingerprint density at radius 1 is 1.11 bits per heavy atom. The monoisotopic (exact) mass is 378 g/mol. The van der Waals surface area contributed by atoms with Gasteiger partial charge in [0, 0.05) is 23.8 Å². The molecule has 0 N–H and O–H groups in total. The molecule has 6 heteroatoms. The molecule has 3 aromatic heterocycles. The number of benzene rings is 1. The third-order valence-corrected chi connectivity index (χ3v) is 5.67. The van der Waals surface area contributed by atoms with Crippen LogP contribution in [0.4, 0.5) is 0 Å². The summed E-state index contributed by atoms with van der Waals surface area (Å²) in [5.41, 5.74) is 3.08. The van der Waals surface area contributed by atoms with E-state index in [-0.39, 0.29) is 6.10 Å². The fourth-order valence-electron chi connectivity index (χ4n) is 3.97. The average Bonchev–Trinajstić information content (AvgIpc) is 3.33. The van der Waals surface area contributed by atoms with E-state index in [0.717, 1.165) is 46.8 Å². The number of ether oxygens (including phenoxy) is 1. The van der Waals surface area contributed by atoms with Gasteiger partial charge in [-0.1, -0.05) is 29.8 Å². The van der Waals surface area contributed by atoms with Crippen LogP contribution in [0.3, 0.4) is 0 Å². The maximum atomic E-state index is 6.20. The van der Waals surface area contributed by atoms with Gasteiger partial charge in [0.25, 0.3) is 0 Å². The summed E-state index contributed by atoms with van der Waals surface area (Å²) >= 11 is 6.17. The van der Waals surface area contributed by atoms with E-state index in [9.17, 15) is 0 Å². The molecule has 4 aromatic rings. The van der Waals surface area contributed by atoms with Gasteiger partial charge in [0.1, 0.15) is 17.1 Å². The fourth-order valence-corrected chi connectivity index (χ4v) is 4.16. The molecule has 1 aliphatic carbocycles. The second-order valence-corrected chi connectivity index (χ2v) is 7.41. The van der Waals surface area contributed by atoms with Crippen molar-refractivity contribution in [2.45, 2.75) is 38.0 Å². The van der Waals surface area contributed by atoms with Gasteiger partial charge in [-0.2, -0.15) is 0 Å². The molecule has 3 heterocycles. The Morgan fingerprint density at radius 2 is 2.07 bits per heavy atom. The summed E-state index contributed by atoms with van der Waals surface area (Å²) in [7, 11) is 0. The lowest BCUT2D eigenvalue weighted by atomic mass is 10.1. The Morgan fingerprint density at radius 3 is 3.04 bits per heavy atom. The molecular formula is C21H19ClN4O. The number of pyridine rings is 1. The highest BCUT2D eigenvalue weighted by Gasteiger charge is 2.27. The zero-order chi connectivity index (χ0) is 18.2. The lowest BCUT2D eigenvalue weighted by Crippen LogP contribution is -2.10. The van der Waals surface area contributed by atoms with E-state index >= 15 is 0 Å². The highest BCUT2D eigenvalue weighted by atomic mass is 35.5. The van der Waals surface area contributed by atoms with Gasteiger partial charge in [-0.25, -0.2) is 9.97 Å². The summed E-state index contributed by atoms with van der Waals surface area (Å²) in [4.78, 5) is 12.9. The standard InChI is InChI=1S/C21H19ClN4O/c22-20-18-7-9-26(21(18)25-13-24-20)16-5-6-17(11-16)27-12-14-3-4-15-2-1-8-23-19(15)10-14/h1-4,7-10,13,16-17H,5-6,11-12H2. The molecule has 1 aromatic carbocycles. The van der Waals surface area contributed by atoms with Crippen LogP contribution in [0.1, 0.15) is 30.9 Å². The predicted octanol–water partition coefficient (Wildman–Crippen LogP) is 4.94. The van der Waals surface area contributed by atoms with E-state index in [1.54, 1.807) is 0 Å². The van der Waals surface area contributed by atoms with Crippen molar-refractivity contribution in [2.24, 2.45) is 0 Å². The summed E-state index contributed by atoms with van der Waals surface area (Å²) in [6.45, 7) is 0.615. The smallest absolute Gasteiger partial charge is 0.145 e. The third-order valence-electron chi connectivity index (χ3n) is 5.37. The highest BCUT2D eigenvalue weighted by Crippen LogP contribution is 2.35.